The lowest BCUT2D eigenvalue weighted by molar-refractivity contribution is -0.0440. The highest BCUT2D eigenvalue weighted by Gasteiger charge is 2.32. The number of hydrogen-bond donors (Lipinski definition) is 1. The summed E-state index contributed by atoms with van der Waals surface area (Å²) in [6.45, 7) is 8.16. The number of ether oxygens (including phenoxy) is 1. The zero-order chi connectivity index (χ0) is 23.8. The molecule has 33 heavy (non-hydrogen) atoms. The molecule has 2 heterocycles. The van der Waals surface area contributed by atoms with Crippen LogP contribution in [0.1, 0.15) is 35.3 Å². The average Bonchev–Trinajstić information content (AvgIpc) is 3.23. The van der Waals surface area contributed by atoms with Gasteiger partial charge in [-0.05, 0) is 63.6 Å². The number of rotatable bonds is 5. The molecular weight excluding hydrogens is 444 g/mol. The normalized spacial score (nSPS) is 19.4. The van der Waals surface area contributed by atoms with Crippen molar-refractivity contribution in [2.45, 2.75) is 44.8 Å². The summed E-state index contributed by atoms with van der Waals surface area (Å²) in [5.41, 5.74) is 3.09. The van der Waals surface area contributed by atoms with Crippen LogP contribution in [0.25, 0.3) is 11.5 Å². The standard InChI is InChI=1S/C23H26N4O5S/c1-14-5-6-15(2)20(11-14)22-25-26-23(32-22)24-21(28)18-7-9-19(10-8-18)33(29,30)27-12-16(3)31-17(4)13-27/h5-11,16-17H,12-13H2,1-4H3,(H,24,26,28)/t16-,17+. The van der Waals surface area contributed by atoms with Gasteiger partial charge in [-0.15, -0.1) is 5.10 Å². The Kier molecular flexibility index (Phi) is 6.33. The highest BCUT2D eigenvalue weighted by atomic mass is 32.2. The third kappa shape index (κ3) is 4.97. The maximum absolute atomic E-state index is 13.0. The first-order valence-corrected chi connectivity index (χ1v) is 12.1. The van der Waals surface area contributed by atoms with Gasteiger partial charge >= 0.3 is 6.01 Å². The largest absolute Gasteiger partial charge is 0.403 e. The molecule has 1 N–H and O–H groups in total. The molecule has 1 amide bonds. The summed E-state index contributed by atoms with van der Waals surface area (Å²) < 4.78 is 38.6. The van der Waals surface area contributed by atoms with Gasteiger partial charge in [0, 0.05) is 24.2 Å². The number of nitrogens with zero attached hydrogens (tertiary/aromatic N) is 3. The summed E-state index contributed by atoms with van der Waals surface area (Å²) in [5, 5.41) is 10.5. The Morgan fingerprint density at radius 1 is 1.03 bits per heavy atom. The Morgan fingerprint density at radius 2 is 1.70 bits per heavy atom. The Balaban J connectivity index is 1.47. The predicted molar refractivity (Wildman–Crippen MR) is 122 cm³/mol. The fraction of sp³-hybridized carbons (Fsp3) is 0.348. The lowest BCUT2D eigenvalue weighted by Crippen LogP contribution is -2.48. The van der Waals surface area contributed by atoms with Gasteiger partial charge in [0.25, 0.3) is 5.91 Å². The molecule has 0 spiro atoms. The maximum atomic E-state index is 13.0. The molecule has 1 aromatic heterocycles. The number of hydrogen-bond acceptors (Lipinski definition) is 7. The van der Waals surface area contributed by atoms with Crippen LogP contribution in [0.15, 0.2) is 51.8 Å². The molecule has 0 aliphatic carbocycles. The highest BCUT2D eigenvalue weighted by molar-refractivity contribution is 7.89. The van der Waals surface area contributed by atoms with Gasteiger partial charge in [0.05, 0.1) is 17.1 Å². The molecule has 0 saturated carbocycles. The van der Waals surface area contributed by atoms with Gasteiger partial charge in [-0.3, -0.25) is 10.1 Å². The van der Waals surface area contributed by atoms with E-state index in [4.69, 9.17) is 9.15 Å². The molecule has 1 aliphatic rings. The molecule has 2 atom stereocenters. The molecule has 9 nitrogen and oxygen atoms in total. The van der Waals surface area contributed by atoms with Crippen molar-refractivity contribution in [1.82, 2.24) is 14.5 Å². The number of morpholine rings is 1. The van der Waals surface area contributed by atoms with Crippen LogP contribution < -0.4 is 5.32 Å². The average molecular weight is 471 g/mol. The molecule has 1 fully saturated rings. The van der Waals surface area contributed by atoms with Crippen molar-refractivity contribution in [2.24, 2.45) is 0 Å². The van der Waals surface area contributed by atoms with Gasteiger partial charge in [-0.2, -0.15) is 4.31 Å². The van der Waals surface area contributed by atoms with Crippen LogP contribution in [0.2, 0.25) is 0 Å². The van der Waals surface area contributed by atoms with Crippen molar-refractivity contribution in [1.29, 1.82) is 0 Å². The number of benzene rings is 2. The quantitative estimate of drug-likeness (QED) is 0.608. The molecule has 0 unspecified atom stereocenters. The molecule has 1 aliphatic heterocycles. The van der Waals surface area contributed by atoms with Crippen LogP contribution >= 0.6 is 0 Å². The first-order chi connectivity index (χ1) is 15.6. The van der Waals surface area contributed by atoms with Gasteiger partial charge < -0.3 is 9.15 Å². The topological polar surface area (TPSA) is 115 Å². The third-order valence-electron chi connectivity index (χ3n) is 5.41. The predicted octanol–water partition coefficient (Wildman–Crippen LogP) is 3.40. The van der Waals surface area contributed by atoms with Crippen LogP contribution in [-0.4, -0.2) is 54.1 Å². The van der Waals surface area contributed by atoms with Crippen molar-refractivity contribution in [3.05, 3.63) is 59.2 Å². The van der Waals surface area contributed by atoms with Gasteiger partial charge in [-0.1, -0.05) is 22.8 Å². The molecule has 4 rings (SSSR count). The summed E-state index contributed by atoms with van der Waals surface area (Å²) in [6.07, 6.45) is -0.368. The van der Waals surface area contributed by atoms with Crippen molar-refractivity contribution < 1.29 is 22.4 Å². The number of sulfonamides is 1. The van der Waals surface area contributed by atoms with E-state index in [1.165, 1.54) is 28.6 Å². The summed E-state index contributed by atoms with van der Waals surface area (Å²) in [7, 11) is -3.68. The van der Waals surface area contributed by atoms with E-state index >= 15 is 0 Å². The Labute approximate surface area is 192 Å². The minimum absolute atomic E-state index is 0.0381. The van der Waals surface area contributed by atoms with Crippen LogP contribution in [0.5, 0.6) is 0 Å². The number of anilines is 1. The second kappa shape index (κ2) is 9.05. The Bertz CT molecular complexity index is 1260. The molecule has 0 radical (unpaired) electrons. The van der Waals surface area contributed by atoms with Crippen molar-refractivity contribution in [3.63, 3.8) is 0 Å². The molecule has 10 heteroatoms. The van der Waals surface area contributed by atoms with E-state index in [9.17, 15) is 13.2 Å². The van der Waals surface area contributed by atoms with Gasteiger partial charge in [0.1, 0.15) is 0 Å². The Hall–Kier alpha value is -3.08. The number of carbonyl (C=O) groups excluding carboxylic acids is 1. The lowest BCUT2D eigenvalue weighted by Gasteiger charge is -2.34. The van der Waals surface area contributed by atoms with E-state index in [2.05, 4.69) is 15.5 Å². The molecule has 2 aromatic carbocycles. The summed E-state index contributed by atoms with van der Waals surface area (Å²) in [5.74, 6) is -0.175. The van der Waals surface area contributed by atoms with Crippen molar-refractivity contribution in [3.8, 4) is 11.5 Å². The molecular formula is C23H26N4O5S. The highest BCUT2D eigenvalue weighted by Crippen LogP contribution is 2.25. The zero-order valence-electron chi connectivity index (χ0n) is 18.9. The number of aromatic nitrogens is 2. The SMILES string of the molecule is Cc1ccc(C)c(-c2nnc(NC(=O)c3ccc(S(=O)(=O)N4C[C@@H](C)O[C@@H](C)C4)cc3)o2)c1. The molecule has 0 bridgehead atoms. The van der Waals surface area contributed by atoms with Crippen LogP contribution in [-0.2, 0) is 14.8 Å². The van der Waals surface area contributed by atoms with Gasteiger partial charge in [-0.25, -0.2) is 8.42 Å². The smallest absolute Gasteiger partial charge is 0.322 e. The molecule has 174 valence electrons. The third-order valence-corrected chi connectivity index (χ3v) is 7.26. The van der Waals surface area contributed by atoms with E-state index < -0.39 is 15.9 Å². The summed E-state index contributed by atoms with van der Waals surface area (Å²) in [4.78, 5) is 12.7. The van der Waals surface area contributed by atoms with Crippen LogP contribution in [0.4, 0.5) is 6.01 Å². The van der Waals surface area contributed by atoms with E-state index in [1.54, 1.807) is 0 Å². The van der Waals surface area contributed by atoms with Crippen molar-refractivity contribution in [2.75, 3.05) is 18.4 Å². The first kappa shape index (κ1) is 23.1. The fourth-order valence-corrected chi connectivity index (χ4v) is 5.36. The van der Waals surface area contributed by atoms with E-state index in [1.807, 2.05) is 45.9 Å². The van der Waals surface area contributed by atoms with Crippen LogP contribution in [0.3, 0.4) is 0 Å². The number of carbonyl (C=O) groups is 1. The first-order valence-electron chi connectivity index (χ1n) is 10.6. The minimum Gasteiger partial charge on any atom is -0.403 e. The number of nitrogens with one attached hydrogen (secondary N) is 1. The second-order valence-corrected chi connectivity index (χ2v) is 10.2. The van der Waals surface area contributed by atoms with Crippen molar-refractivity contribution >= 4 is 21.9 Å². The number of aryl methyl sites for hydroxylation is 2. The van der Waals surface area contributed by atoms with E-state index in [0.717, 1.165) is 16.7 Å². The zero-order valence-corrected chi connectivity index (χ0v) is 19.7. The van der Waals surface area contributed by atoms with Crippen LogP contribution in [0, 0.1) is 13.8 Å². The van der Waals surface area contributed by atoms with E-state index in [0.29, 0.717) is 5.89 Å². The summed E-state index contributed by atoms with van der Waals surface area (Å²) in [6, 6.07) is 11.6. The number of amides is 1. The second-order valence-electron chi connectivity index (χ2n) is 8.29. The molecule has 3 aromatic rings. The monoisotopic (exact) mass is 470 g/mol. The maximum Gasteiger partial charge on any atom is 0.322 e. The lowest BCUT2D eigenvalue weighted by atomic mass is 10.1. The fourth-order valence-electron chi connectivity index (χ4n) is 3.77. The van der Waals surface area contributed by atoms with Gasteiger partial charge in [0.2, 0.25) is 15.9 Å². The Morgan fingerprint density at radius 3 is 2.36 bits per heavy atom. The van der Waals surface area contributed by atoms with Gasteiger partial charge in [0.15, 0.2) is 0 Å². The molecule has 1 saturated heterocycles. The minimum atomic E-state index is -3.68. The van der Waals surface area contributed by atoms with E-state index in [-0.39, 0.29) is 41.8 Å². The summed E-state index contributed by atoms with van der Waals surface area (Å²) >= 11 is 0.